The molecule has 3 N–H and O–H groups in total. The van der Waals surface area contributed by atoms with Gasteiger partial charge in [0.15, 0.2) is 0 Å². The molecule has 0 saturated heterocycles. The Morgan fingerprint density at radius 3 is 2.29 bits per heavy atom. The van der Waals surface area contributed by atoms with Gasteiger partial charge in [0.25, 0.3) is 0 Å². The number of hydrogen-bond acceptors (Lipinski definition) is 2. The Kier molecular flexibility index (Phi) is 3.37. The highest BCUT2D eigenvalue weighted by Crippen LogP contribution is 1.94. The second-order valence-electron chi connectivity index (χ2n) is 0.877. The number of nitrogens with two attached hydrogens (primary N) is 1. The molecule has 0 aliphatic heterocycles. The minimum Gasteiger partial charge on any atom is -0.389 e. The molecule has 0 aliphatic carbocycles. The second kappa shape index (κ2) is 3.26. The average Bonchev–Trinajstić information content (AvgIpc) is 1.27. The fourth-order valence-corrected chi connectivity index (χ4v) is 0.750. The first-order valence-corrected chi connectivity index (χ1v) is 2.95. The molecule has 7 heavy (non-hydrogen) atoms. The summed E-state index contributed by atoms with van der Waals surface area (Å²) in [6, 6.07) is 0. The van der Waals surface area contributed by atoms with Crippen LogP contribution in [0.4, 0.5) is 0 Å². The Morgan fingerprint density at radius 2 is 2.29 bits per heavy atom. The maximum absolute atomic E-state index is 6.77. The van der Waals surface area contributed by atoms with E-state index in [1.165, 1.54) is 6.08 Å². The zero-order chi connectivity index (χ0) is 5.86. The fourth-order valence-electron chi connectivity index (χ4n) is 0.121. The van der Waals surface area contributed by atoms with Crippen molar-refractivity contribution in [1.29, 1.82) is 5.41 Å². The Bertz CT molecular complexity index is 106. The quantitative estimate of drug-likeness (QED) is 0.400. The van der Waals surface area contributed by atoms with Gasteiger partial charge in [0.1, 0.15) is 5.16 Å². The third kappa shape index (κ3) is 6.23. The number of nitrogens with one attached hydrogen (secondary N) is 1. The molecule has 0 aliphatic rings. The van der Waals surface area contributed by atoms with E-state index in [-0.39, 0.29) is 5.16 Å². The van der Waals surface area contributed by atoms with Crippen molar-refractivity contribution < 1.29 is 0 Å². The van der Waals surface area contributed by atoms with Gasteiger partial charge in [0, 0.05) is 6.08 Å². The molecule has 0 fully saturated rings. The minimum atomic E-state index is 0.152. The molecule has 40 valence electrons. The van der Waals surface area contributed by atoms with E-state index >= 15 is 0 Å². The molecule has 4 heteroatoms. The van der Waals surface area contributed by atoms with Gasteiger partial charge in [-0.1, -0.05) is 11.6 Å². The largest absolute Gasteiger partial charge is 0.389 e. The lowest BCUT2D eigenvalue weighted by atomic mass is 10.7. The molecule has 0 saturated carbocycles. The van der Waals surface area contributed by atoms with Crippen LogP contribution in [-0.2, 0) is 0 Å². The number of hydrogen-bond donors (Lipinski definition) is 2. The molecular formula is C3H4ClIN2. The second-order valence-corrected chi connectivity index (χ2v) is 2.48. The van der Waals surface area contributed by atoms with Gasteiger partial charge >= 0.3 is 0 Å². The smallest absolute Gasteiger partial charge is 0.102 e. The summed E-state index contributed by atoms with van der Waals surface area (Å²) in [5.74, 6) is 0. The van der Waals surface area contributed by atoms with E-state index < -0.39 is 0 Å². The molecule has 2 nitrogen and oxygen atoms in total. The molecule has 0 heterocycles. The van der Waals surface area contributed by atoms with E-state index in [0.29, 0.717) is 3.72 Å². The van der Waals surface area contributed by atoms with Gasteiger partial charge in [0.2, 0.25) is 0 Å². The van der Waals surface area contributed by atoms with Crippen LogP contribution < -0.4 is 5.73 Å². The Hall–Kier alpha value is 0.230. The predicted octanol–water partition coefficient (Wildman–Crippen LogP) is 1.44. The van der Waals surface area contributed by atoms with E-state index in [9.17, 15) is 0 Å². The van der Waals surface area contributed by atoms with Crippen LogP contribution in [0.2, 0.25) is 0 Å². The molecule has 0 aromatic carbocycles. The molecule has 0 rings (SSSR count). The molecular weight excluding hydrogens is 226 g/mol. The van der Waals surface area contributed by atoms with E-state index in [0.717, 1.165) is 0 Å². The normalized spacial score (nSPS) is 11.4. The first kappa shape index (κ1) is 7.23. The third-order valence-electron chi connectivity index (χ3n) is 0.265. The fraction of sp³-hybridized carbons (Fsp3) is 0. The Morgan fingerprint density at radius 1 is 1.86 bits per heavy atom. The van der Waals surface area contributed by atoms with Crippen molar-refractivity contribution in [3.63, 3.8) is 0 Å². The van der Waals surface area contributed by atoms with Crippen LogP contribution in [0.25, 0.3) is 0 Å². The topological polar surface area (TPSA) is 49.9 Å². The molecule has 0 bridgehead atoms. The van der Waals surface area contributed by atoms with Crippen LogP contribution in [0.1, 0.15) is 0 Å². The minimum absolute atomic E-state index is 0.152. The van der Waals surface area contributed by atoms with Crippen LogP contribution >= 0.6 is 34.2 Å². The summed E-state index contributed by atoms with van der Waals surface area (Å²) in [5, 5.41) is 6.92. The third-order valence-corrected chi connectivity index (χ3v) is 0.685. The predicted molar refractivity (Wildman–Crippen MR) is 39.9 cm³/mol. The molecule has 0 atom stereocenters. The van der Waals surface area contributed by atoms with Crippen LogP contribution in [-0.4, -0.2) is 3.72 Å². The lowest BCUT2D eigenvalue weighted by Gasteiger charge is -1.80. The van der Waals surface area contributed by atoms with Crippen LogP contribution in [0.5, 0.6) is 0 Å². The lowest BCUT2D eigenvalue weighted by molar-refractivity contribution is 1.52. The van der Waals surface area contributed by atoms with Gasteiger partial charge in [-0.2, -0.15) is 0 Å². The SMILES string of the molecule is N=C(I)/C=C(\N)Cl. The zero-order valence-corrected chi connectivity index (χ0v) is 6.32. The molecule has 0 radical (unpaired) electrons. The van der Waals surface area contributed by atoms with Crippen molar-refractivity contribution in [1.82, 2.24) is 0 Å². The molecule has 0 unspecified atom stereocenters. The van der Waals surface area contributed by atoms with Gasteiger partial charge in [-0.25, -0.2) is 0 Å². The summed E-state index contributed by atoms with van der Waals surface area (Å²) in [6.07, 6.45) is 1.36. The van der Waals surface area contributed by atoms with Gasteiger partial charge in [-0.3, -0.25) is 5.41 Å². The van der Waals surface area contributed by atoms with Crippen molar-refractivity contribution in [2.24, 2.45) is 5.73 Å². The number of rotatable bonds is 1. The molecule has 0 spiro atoms. The van der Waals surface area contributed by atoms with Gasteiger partial charge in [0.05, 0.1) is 3.72 Å². The monoisotopic (exact) mass is 230 g/mol. The highest BCUT2D eigenvalue weighted by atomic mass is 127. The number of allylic oxidation sites excluding steroid dienone is 1. The lowest BCUT2D eigenvalue weighted by Crippen LogP contribution is -1.88. The summed E-state index contributed by atoms with van der Waals surface area (Å²) < 4.78 is 0.338. The van der Waals surface area contributed by atoms with Crippen molar-refractivity contribution in [3.8, 4) is 0 Å². The first-order chi connectivity index (χ1) is 3.13. The summed E-state index contributed by atoms with van der Waals surface area (Å²) >= 11 is 6.97. The van der Waals surface area contributed by atoms with Gasteiger partial charge < -0.3 is 5.73 Å². The highest BCUT2D eigenvalue weighted by molar-refractivity contribution is 14.1. The Labute approximate surface area is 60.4 Å². The standard InChI is InChI=1S/C3H4ClIN2/c4-2(6)1-3(5)7/h1,7H,6H2/b2-1-,7-3?. The first-order valence-electron chi connectivity index (χ1n) is 1.49. The zero-order valence-electron chi connectivity index (χ0n) is 3.41. The van der Waals surface area contributed by atoms with Crippen LogP contribution in [0.3, 0.4) is 0 Å². The highest BCUT2D eigenvalue weighted by Gasteiger charge is 1.80. The molecule has 0 aromatic heterocycles. The van der Waals surface area contributed by atoms with Crippen molar-refractivity contribution in [3.05, 3.63) is 11.2 Å². The maximum Gasteiger partial charge on any atom is 0.102 e. The number of halogens is 2. The summed E-state index contributed by atoms with van der Waals surface area (Å²) in [5.41, 5.74) is 4.97. The van der Waals surface area contributed by atoms with Gasteiger partial charge in [-0.15, -0.1) is 0 Å². The van der Waals surface area contributed by atoms with Crippen LogP contribution in [0.15, 0.2) is 11.2 Å². The summed E-state index contributed by atoms with van der Waals surface area (Å²) in [6.45, 7) is 0. The van der Waals surface area contributed by atoms with Crippen LogP contribution in [0, 0.1) is 5.41 Å². The summed E-state index contributed by atoms with van der Waals surface area (Å²) in [4.78, 5) is 0. The van der Waals surface area contributed by atoms with E-state index in [2.05, 4.69) is 0 Å². The van der Waals surface area contributed by atoms with Crippen molar-refractivity contribution >= 4 is 37.9 Å². The van der Waals surface area contributed by atoms with Gasteiger partial charge in [-0.05, 0) is 22.6 Å². The maximum atomic E-state index is 6.77. The average molecular weight is 230 g/mol. The van der Waals surface area contributed by atoms with Crippen molar-refractivity contribution in [2.75, 3.05) is 0 Å². The van der Waals surface area contributed by atoms with E-state index in [1.807, 2.05) is 0 Å². The molecule has 0 amide bonds. The Balaban J connectivity index is 3.68. The van der Waals surface area contributed by atoms with E-state index in [1.54, 1.807) is 22.6 Å². The van der Waals surface area contributed by atoms with Crippen molar-refractivity contribution in [2.45, 2.75) is 0 Å². The molecule has 0 aromatic rings. The summed E-state index contributed by atoms with van der Waals surface area (Å²) in [7, 11) is 0. The van der Waals surface area contributed by atoms with E-state index in [4.69, 9.17) is 22.7 Å².